The molecule has 3 rings (SSSR count). The molecule has 0 aliphatic carbocycles. The third-order valence-electron chi connectivity index (χ3n) is 3.25. The first-order chi connectivity index (χ1) is 8.31. The van der Waals surface area contributed by atoms with Crippen molar-refractivity contribution in [3.05, 3.63) is 58.4 Å². The van der Waals surface area contributed by atoms with Crippen LogP contribution in [0.25, 0.3) is 21.7 Å². The number of fused-ring (bicyclic) bond motifs is 3. The molecule has 0 atom stereocenters. The second-order valence-corrected chi connectivity index (χ2v) is 4.20. The van der Waals surface area contributed by atoms with Gasteiger partial charge in [-0.1, -0.05) is 31.2 Å². The van der Waals surface area contributed by atoms with Gasteiger partial charge in [0.05, 0.1) is 10.9 Å². The van der Waals surface area contributed by atoms with Gasteiger partial charge in [-0.15, -0.1) is 0 Å². The van der Waals surface area contributed by atoms with Gasteiger partial charge in [0, 0.05) is 11.6 Å². The van der Waals surface area contributed by atoms with Crippen molar-refractivity contribution in [3.63, 3.8) is 0 Å². The summed E-state index contributed by atoms with van der Waals surface area (Å²) in [4.78, 5) is 15.2. The van der Waals surface area contributed by atoms with Crippen LogP contribution in [0.1, 0.15) is 12.5 Å². The Hall–Kier alpha value is -2.09. The summed E-state index contributed by atoms with van der Waals surface area (Å²) in [6.07, 6.45) is 2.88. The molecule has 0 radical (unpaired) electrons. The molecule has 2 nitrogen and oxygen atoms in total. The number of H-pyrrole nitrogens is 1. The van der Waals surface area contributed by atoms with Crippen molar-refractivity contribution in [2.24, 2.45) is 0 Å². The molecule has 3 aromatic rings. The summed E-state index contributed by atoms with van der Waals surface area (Å²) in [5.41, 5.74) is 2.30. The molecule has 1 N–H and O–H groups in total. The van der Waals surface area contributed by atoms with Crippen LogP contribution in [0.3, 0.4) is 0 Å². The van der Waals surface area contributed by atoms with Crippen LogP contribution in [-0.4, -0.2) is 4.98 Å². The third-order valence-corrected chi connectivity index (χ3v) is 3.25. The van der Waals surface area contributed by atoms with Crippen LogP contribution in [0.15, 0.2) is 47.4 Å². The molecule has 0 bridgehead atoms. The second-order valence-electron chi connectivity index (χ2n) is 4.20. The number of aromatic amines is 1. The lowest BCUT2D eigenvalue weighted by molar-refractivity contribution is 1.15. The van der Waals surface area contributed by atoms with E-state index in [1.54, 1.807) is 12.1 Å². The van der Waals surface area contributed by atoms with Crippen LogP contribution in [0.2, 0.25) is 0 Å². The fraction of sp³-hybridized carbons (Fsp3) is 0.133. The van der Waals surface area contributed by atoms with E-state index in [1.165, 1.54) is 5.56 Å². The van der Waals surface area contributed by atoms with Crippen LogP contribution < -0.4 is 5.43 Å². The number of rotatable bonds is 1. The molecule has 0 fully saturated rings. The standard InChI is InChI=1S/C15H13NO/c1-2-10-8-9-16-15-12(10)7-6-11-4-3-5-13(17)14(11)15/h3-9,16H,2H2,1H3. The zero-order valence-corrected chi connectivity index (χ0v) is 9.66. The number of aromatic nitrogens is 1. The lowest BCUT2D eigenvalue weighted by Gasteiger charge is -2.07. The lowest BCUT2D eigenvalue weighted by atomic mass is 10.0. The minimum atomic E-state index is 0.0811. The Kier molecular flexibility index (Phi) is 2.22. The highest BCUT2D eigenvalue weighted by Gasteiger charge is 2.06. The molecule has 0 amide bonds. The maximum atomic E-state index is 12.0. The maximum absolute atomic E-state index is 12.0. The molecule has 17 heavy (non-hydrogen) atoms. The zero-order valence-electron chi connectivity index (χ0n) is 9.66. The first-order valence-electron chi connectivity index (χ1n) is 5.83. The van der Waals surface area contributed by atoms with Crippen molar-refractivity contribution in [2.45, 2.75) is 13.3 Å². The molecule has 1 heterocycles. The molecule has 0 saturated carbocycles. The number of aryl methyl sites for hydroxylation is 1. The van der Waals surface area contributed by atoms with Gasteiger partial charge in [0.2, 0.25) is 0 Å². The first-order valence-corrected chi connectivity index (χ1v) is 5.83. The molecular formula is C15H13NO. The van der Waals surface area contributed by atoms with Gasteiger partial charge in [0.1, 0.15) is 0 Å². The third kappa shape index (κ3) is 1.45. The van der Waals surface area contributed by atoms with Crippen molar-refractivity contribution in [3.8, 4) is 0 Å². The number of nitrogens with one attached hydrogen (secondary N) is 1. The topological polar surface area (TPSA) is 32.9 Å². The minimum absolute atomic E-state index is 0.0811. The van der Waals surface area contributed by atoms with E-state index in [1.807, 2.05) is 18.3 Å². The van der Waals surface area contributed by atoms with E-state index in [0.29, 0.717) is 0 Å². The summed E-state index contributed by atoms with van der Waals surface area (Å²) < 4.78 is 0. The van der Waals surface area contributed by atoms with Gasteiger partial charge >= 0.3 is 0 Å². The average molecular weight is 223 g/mol. The summed E-state index contributed by atoms with van der Waals surface area (Å²) in [5.74, 6) is 0. The van der Waals surface area contributed by atoms with Gasteiger partial charge in [-0.2, -0.15) is 0 Å². The van der Waals surface area contributed by atoms with Gasteiger partial charge in [0.15, 0.2) is 5.43 Å². The van der Waals surface area contributed by atoms with E-state index in [2.05, 4.69) is 24.0 Å². The molecule has 2 aromatic carbocycles. The molecule has 0 spiro atoms. The fourth-order valence-corrected chi connectivity index (χ4v) is 2.39. The van der Waals surface area contributed by atoms with Gasteiger partial charge in [-0.25, -0.2) is 0 Å². The lowest BCUT2D eigenvalue weighted by Crippen LogP contribution is -2.00. The van der Waals surface area contributed by atoms with Crippen molar-refractivity contribution in [1.82, 2.24) is 4.98 Å². The number of hydrogen-bond acceptors (Lipinski definition) is 1. The molecule has 0 unspecified atom stereocenters. The molecule has 0 saturated heterocycles. The van der Waals surface area contributed by atoms with Gasteiger partial charge in [-0.3, -0.25) is 4.79 Å². The summed E-state index contributed by atoms with van der Waals surface area (Å²) in [5, 5.41) is 2.93. The summed E-state index contributed by atoms with van der Waals surface area (Å²) in [6.45, 7) is 2.13. The Bertz CT molecular complexity index is 756. The zero-order chi connectivity index (χ0) is 11.8. The first kappa shape index (κ1) is 10.1. The minimum Gasteiger partial charge on any atom is -0.361 e. The highest BCUT2D eigenvalue weighted by Crippen LogP contribution is 2.23. The molecular weight excluding hydrogens is 210 g/mol. The largest absolute Gasteiger partial charge is 0.361 e. The summed E-state index contributed by atoms with van der Waals surface area (Å²) in [6, 6.07) is 11.6. The Morgan fingerprint density at radius 2 is 2.00 bits per heavy atom. The number of hydrogen-bond donors (Lipinski definition) is 1. The Balaban J connectivity index is 2.61. The van der Waals surface area contributed by atoms with Crippen LogP contribution in [0, 0.1) is 0 Å². The number of benzene rings is 2. The summed E-state index contributed by atoms with van der Waals surface area (Å²) >= 11 is 0. The summed E-state index contributed by atoms with van der Waals surface area (Å²) in [7, 11) is 0. The Morgan fingerprint density at radius 1 is 1.12 bits per heavy atom. The average Bonchev–Trinajstić information content (AvgIpc) is 2.37. The van der Waals surface area contributed by atoms with E-state index in [0.717, 1.165) is 28.1 Å². The monoisotopic (exact) mass is 223 g/mol. The second kappa shape index (κ2) is 3.74. The van der Waals surface area contributed by atoms with E-state index in [9.17, 15) is 4.79 Å². The highest BCUT2D eigenvalue weighted by atomic mass is 16.1. The molecule has 1 aromatic heterocycles. The molecule has 84 valence electrons. The van der Waals surface area contributed by atoms with Crippen molar-refractivity contribution in [1.29, 1.82) is 0 Å². The molecule has 2 heteroatoms. The van der Waals surface area contributed by atoms with E-state index in [-0.39, 0.29) is 5.43 Å². The van der Waals surface area contributed by atoms with E-state index < -0.39 is 0 Å². The normalized spacial score (nSPS) is 11.1. The molecule has 0 aliphatic rings. The quantitative estimate of drug-likeness (QED) is 0.631. The maximum Gasteiger partial charge on any atom is 0.188 e. The van der Waals surface area contributed by atoms with Gasteiger partial charge in [0.25, 0.3) is 0 Å². The number of pyridine rings is 1. The Labute approximate surface area is 98.9 Å². The smallest absolute Gasteiger partial charge is 0.188 e. The highest BCUT2D eigenvalue weighted by molar-refractivity contribution is 6.05. The Morgan fingerprint density at radius 3 is 2.82 bits per heavy atom. The van der Waals surface area contributed by atoms with E-state index >= 15 is 0 Å². The van der Waals surface area contributed by atoms with Crippen molar-refractivity contribution >= 4 is 21.7 Å². The van der Waals surface area contributed by atoms with Crippen molar-refractivity contribution < 1.29 is 0 Å². The van der Waals surface area contributed by atoms with Crippen molar-refractivity contribution in [2.75, 3.05) is 0 Å². The van der Waals surface area contributed by atoms with Crippen LogP contribution in [0.4, 0.5) is 0 Å². The predicted octanol–water partition coefficient (Wildman–Crippen LogP) is 3.24. The SMILES string of the molecule is CCc1cc[nH]c2c1ccc1cccc(=O)c12. The van der Waals surface area contributed by atoms with Crippen LogP contribution >= 0.6 is 0 Å². The fourth-order valence-electron chi connectivity index (χ4n) is 2.39. The van der Waals surface area contributed by atoms with E-state index in [4.69, 9.17) is 0 Å². The van der Waals surface area contributed by atoms with Crippen LogP contribution in [-0.2, 0) is 6.42 Å². The van der Waals surface area contributed by atoms with Gasteiger partial charge < -0.3 is 4.98 Å². The van der Waals surface area contributed by atoms with Gasteiger partial charge in [-0.05, 0) is 29.5 Å². The van der Waals surface area contributed by atoms with Crippen LogP contribution in [0.5, 0.6) is 0 Å². The predicted molar refractivity (Wildman–Crippen MR) is 71.5 cm³/mol. The molecule has 0 aliphatic heterocycles.